The number of methoxy groups -OCH3 is 1. The van der Waals surface area contributed by atoms with Crippen LogP contribution in [-0.2, 0) is 4.74 Å². The van der Waals surface area contributed by atoms with Crippen molar-refractivity contribution in [2.24, 2.45) is 16.6 Å². The first-order valence-corrected chi connectivity index (χ1v) is 8.19. The fourth-order valence-electron chi connectivity index (χ4n) is 5.11. The number of nitrogens with zero attached hydrogens (tertiary/aromatic N) is 1. The zero-order valence-corrected chi connectivity index (χ0v) is 14.2. The average molecular weight is 282 g/mol. The molecule has 0 unspecified atom stereocenters. The lowest BCUT2D eigenvalue weighted by molar-refractivity contribution is -0.0550. The maximum atomic E-state index is 6.34. The molecule has 0 radical (unpaired) electrons. The van der Waals surface area contributed by atoms with E-state index in [-0.39, 0.29) is 5.54 Å². The molecule has 2 rings (SSSR count). The molecule has 0 saturated heterocycles. The van der Waals surface area contributed by atoms with Crippen LogP contribution in [0.25, 0.3) is 0 Å². The second kappa shape index (κ2) is 5.58. The summed E-state index contributed by atoms with van der Waals surface area (Å²) in [5, 5.41) is 0. The van der Waals surface area contributed by atoms with E-state index in [4.69, 9.17) is 10.5 Å². The van der Waals surface area contributed by atoms with Gasteiger partial charge in [0.25, 0.3) is 0 Å². The van der Waals surface area contributed by atoms with Gasteiger partial charge in [0.2, 0.25) is 0 Å². The summed E-state index contributed by atoms with van der Waals surface area (Å²) in [6.07, 6.45) is 6.42. The van der Waals surface area contributed by atoms with Crippen LogP contribution < -0.4 is 5.73 Å². The van der Waals surface area contributed by atoms with Crippen LogP contribution in [0.2, 0.25) is 0 Å². The molecule has 0 heterocycles. The lowest BCUT2D eigenvalue weighted by Crippen LogP contribution is -2.62. The Morgan fingerprint density at radius 2 is 1.60 bits per heavy atom. The quantitative estimate of drug-likeness (QED) is 0.814. The SMILES string of the molecule is COCCN(C1CC1)C1(CN)CC(C)(C)CC(C)(C)C1. The van der Waals surface area contributed by atoms with Crippen LogP contribution in [0, 0.1) is 10.8 Å². The molecule has 0 aliphatic heterocycles. The van der Waals surface area contributed by atoms with Crippen molar-refractivity contribution in [3.8, 4) is 0 Å². The standard InChI is InChI=1S/C17H34N2O/c1-15(2)10-16(3,4)12-17(11-15,13-18)19(8-9-20-5)14-6-7-14/h14H,6-13,18H2,1-5H3. The van der Waals surface area contributed by atoms with E-state index in [9.17, 15) is 0 Å². The van der Waals surface area contributed by atoms with E-state index in [1.165, 1.54) is 32.1 Å². The highest BCUT2D eigenvalue weighted by atomic mass is 16.5. The van der Waals surface area contributed by atoms with Crippen LogP contribution in [0.15, 0.2) is 0 Å². The molecule has 0 aromatic heterocycles. The summed E-state index contributed by atoms with van der Waals surface area (Å²) in [4.78, 5) is 2.71. The third-order valence-electron chi connectivity index (χ3n) is 5.09. The molecule has 3 heteroatoms. The summed E-state index contributed by atoms with van der Waals surface area (Å²) in [6, 6.07) is 0.749. The van der Waals surface area contributed by atoms with Crippen molar-refractivity contribution in [2.75, 3.05) is 26.8 Å². The highest BCUT2D eigenvalue weighted by Gasteiger charge is 2.52. The average Bonchev–Trinajstić information content (AvgIpc) is 3.09. The van der Waals surface area contributed by atoms with E-state index in [0.29, 0.717) is 10.8 Å². The van der Waals surface area contributed by atoms with Crippen LogP contribution in [0.5, 0.6) is 0 Å². The second-order valence-electron chi connectivity index (χ2n) is 8.70. The number of rotatable bonds is 6. The molecule has 3 nitrogen and oxygen atoms in total. The van der Waals surface area contributed by atoms with Crippen molar-refractivity contribution in [2.45, 2.75) is 71.4 Å². The first kappa shape index (κ1) is 16.3. The molecule has 0 aromatic rings. The Morgan fingerprint density at radius 1 is 1.05 bits per heavy atom. The second-order valence-corrected chi connectivity index (χ2v) is 8.70. The number of hydrogen-bond acceptors (Lipinski definition) is 3. The Bertz CT molecular complexity index is 318. The zero-order valence-electron chi connectivity index (χ0n) is 14.2. The molecule has 0 spiro atoms. The molecule has 2 fully saturated rings. The summed E-state index contributed by atoms with van der Waals surface area (Å²) < 4.78 is 5.35. The zero-order chi connectivity index (χ0) is 15.0. The molecule has 0 aromatic carbocycles. The van der Waals surface area contributed by atoms with Crippen molar-refractivity contribution in [1.29, 1.82) is 0 Å². The molecule has 2 saturated carbocycles. The highest BCUT2D eigenvalue weighted by molar-refractivity contribution is 5.07. The summed E-state index contributed by atoms with van der Waals surface area (Å²) in [6.45, 7) is 12.3. The smallest absolute Gasteiger partial charge is 0.0590 e. The van der Waals surface area contributed by atoms with Crippen molar-refractivity contribution >= 4 is 0 Å². The Morgan fingerprint density at radius 3 is 2.00 bits per heavy atom. The highest BCUT2D eigenvalue weighted by Crippen LogP contribution is 2.53. The van der Waals surface area contributed by atoms with Gasteiger partial charge in [-0.2, -0.15) is 0 Å². The molecule has 20 heavy (non-hydrogen) atoms. The maximum absolute atomic E-state index is 6.34. The summed E-state index contributed by atoms with van der Waals surface area (Å²) in [5.74, 6) is 0. The van der Waals surface area contributed by atoms with Gasteiger partial charge in [-0.15, -0.1) is 0 Å². The molecular formula is C17H34N2O. The first-order chi connectivity index (χ1) is 9.24. The monoisotopic (exact) mass is 282 g/mol. The van der Waals surface area contributed by atoms with Crippen LogP contribution in [0.4, 0.5) is 0 Å². The summed E-state index contributed by atoms with van der Waals surface area (Å²) >= 11 is 0. The topological polar surface area (TPSA) is 38.5 Å². The normalized spacial score (nSPS) is 27.8. The van der Waals surface area contributed by atoms with Crippen LogP contribution in [0.3, 0.4) is 0 Å². The molecule has 2 aliphatic carbocycles. The Balaban J connectivity index is 2.25. The third kappa shape index (κ3) is 3.55. The lowest BCUT2D eigenvalue weighted by Gasteiger charge is -2.56. The third-order valence-corrected chi connectivity index (χ3v) is 5.09. The number of nitrogens with two attached hydrogens (primary N) is 1. The largest absolute Gasteiger partial charge is 0.383 e. The fourth-order valence-corrected chi connectivity index (χ4v) is 5.11. The van der Waals surface area contributed by atoms with Crippen molar-refractivity contribution in [3.63, 3.8) is 0 Å². The van der Waals surface area contributed by atoms with Gasteiger partial charge < -0.3 is 10.5 Å². The van der Waals surface area contributed by atoms with E-state index in [1.807, 2.05) is 0 Å². The molecule has 0 amide bonds. The molecule has 0 bridgehead atoms. The number of hydrogen-bond donors (Lipinski definition) is 1. The lowest BCUT2D eigenvalue weighted by atomic mass is 9.58. The van der Waals surface area contributed by atoms with Gasteiger partial charge >= 0.3 is 0 Å². The number of ether oxygens (including phenoxy) is 1. The van der Waals surface area contributed by atoms with Gasteiger partial charge in [0, 0.05) is 31.8 Å². The van der Waals surface area contributed by atoms with Gasteiger partial charge in [0.05, 0.1) is 6.61 Å². The fraction of sp³-hybridized carbons (Fsp3) is 1.00. The Labute approximate surface area is 125 Å². The van der Waals surface area contributed by atoms with E-state index >= 15 is 0 Å². The van der Waals surface area contributed by atoms with Gasteiger partial charge in [-0.3, -0.25) is 4.90 Å². The predicted octanol–water partition coefficient (Wildman–Crippen LogP) is 3.03. The minimum Gasteiger partial charge on any atom is -0.383 e. The van der Waals surface area contributed by atoms with Crippen molar-refractivity contribution in [3.05, 3.63) is 0 Å². The van der Waals surface area contributed by atoms with Crippen LogP contribution >= 0.6 is 0 Å². The minimum absolute atomic E-state index is 0.172. The van der Waals surface area contributed by atoms with Gasteiger partial charge in [-0.25, -0.2) is 0 Å². The van der Waals surface area contributed by atoms with E-state index in [0.717, 1.165) is 25.7 Å². The van der Waals surface area contributed by atoms with E-state index in [2.05, 4.69) is 32.6 Å². The maximum Gasteiger partial charge on any atom is 0.0590 e. The van der Waals surface area contributed by atoms with Gasteiger partial charge in [-0.05, 0) is 42.9 Å². The molecular weight excluding hydrogens is 248 g/mol. The molecule has 2 N–H and O–H groups in total. The Kier molecular flexibility index (Phi) is 4.54. The van der Waals surface area contributed by atoms with Gasteiger partial charge in [0.15, 0.2) is 0 Å². The summed E-state index contributed by atoms with van der Waals surface area (Å²) in [7, 11) is 1.80. The predicted molar refractivity (Wildman–Crippen MR) is 84.8 cm³/mol. The van der Waals surface area contributed by atoms with Crippen LogP contribution in [0.1, 0.15) is 59.8 Å². The van der Waals surface area contributed by atoms with E-state index < -0.39 is 0 Å². The Hall–Kier alpha value is -0.120. The van der Waals surface area contributed by atoms with Crippen LogP contribution in [-0.4, -0.2) is 43.3 Å². The molecule has 0 atom stereocenters. The summed E-state index contributed by atoms with van der Waals surface area (Å²) in [5.41, 5.74) is 7.26. The van der Waals surface area contributed by atoms with Crippen molar-refractivity contribution in [1.82, 2.24) is 4.90 Å². The molecule has 118 valence electrons. The van der Waals surface area contributed by atoms with Gasteiger partial charge in [-0.1, -0.05) is 27.7 Å². The first-order valence-electron chi connectivity index (χ1n) is 8.19. The van der Waals surface area contributed by atoms with Crippen molar-refractivity contribution < 1.29 is 4.74 Å². The van der Waals surface area contributed by atoms with Gasteiger partial charge in [0.1, 0.15) is 0 Å². The molecule has 2 aliphatic rings. The minimum atomic E-state index is 0.172. The van der Waals surface area contributed by atoms with E-state index in [1.54, 1.807) is 7.11 Å².